The SMILES string of the molecule is O=C(O)CC1CCC(c2ccc(F)cc2)=CC1=O. The number of benzene rings is 1. The molecule has 94 valence electrons. The number of halogens is 1. The summed E-state index contributed by atoms with van der Waals surface area (Å²) in [5.41, 5.74) is 1.67. The Balaban J connectivity index is 2.15. The van der Waals surface area contributed by atoms with Crippen LogP contribution in [0.5, 0.6) is 0 Å². The monoisotopic (exact) mass is 248 g/mol. The lowest BCUT2D eigenvalue weighted by atomic mass is 9.84. The van der Waals surface area contributed by atoms with Gasteiger partial charge in [-0.1, -0.05) is 12.1 Å². The normalized spacial score (nSPS) is 19.5. The average molecular weight is 248 g/mol. The van der Waals surface area contributed by atoms with Crippen molar-refractivity contribution in [2.75, 3.05) is 0 Å². The van der Waals surface area contributed by atoms with Gasteiger partial charge in [-0.25, -0.2) is 4.39 Å². The van der Waals surface area contributed by atoms with Crippen molar-refractivity contribution in [2.24, 2.45) is 5.92 Å². The molecule has 0 saturated heterocycles. The van der Waals surface area contributed by atoms with Crippen molar-refractivity contribution in [3.8, 4) is 0 Å². The number of carbonyl (C=O) groups is 2. The van der Waals surface area contributed by atoms with Gasteiger partial charge in [0.25, 0.3) is 0 Å². The fourth-order valence-corrected chi connectivity index (χ4v) is 2.14. The summed E-state index contributed by atoms with van der Waals surface area (Å²) >= 11 is 0. The summed E-state index contributed by atoms with van der Waals surface area (Å²) in [6, 6.07) is 5.96. The Bertz CT molecular complexity index is 502. The van der Waals surface area contributed by atoms with Crippen molar-refractivity contribution >= 4 is 17.3 Å². The molecule has 4 heteroatoms. The Labute approximate surface area is 104 Å². The Kier molecular flexibility index (Phi) is 3.55. The zero-order valence-electron chi connectivity index (χ0n) is 9.73. The van der Waals surface area contributed by atoms with E-state index >= 15 is 0 Å². The molecular weight excluding hydrogens is 235 g/mol. The Morgan fingerprint density at radius 2 is 2.00 bits per heavy atom. The maximum absolute atomic E-state index is 12.8. The molecule has 0 fully saturated rings. The van der Waals surface area contributed by atoms with Crippen LogP contribution >= 0.6 is 0 Å². The maximum Gasteiger partial charge on any atom is 0.304 e. The van der Waals surface area contributed by atoms with Crippen molar-refractivity contribution in [1.82, 2.24) is 0 Å². The van der Waals surface area contributed by atoms with Gasteiger partial charge in [-0.15, -0.1) is 0 Å². The van der Waals surface area contributed by atoms with Gasteiger partial charge in [0.15, 0.2) is 5.78 Å². The first-order chi connectivity index (χ1) is 8.56. The van der Waals surface area contributed by atoms with Gasteiger partial charge < -0.3 is 5.11 Å². The summed E-state index contributed by atoms with van der Waals surface area (Å²) in [5.74, 6) is -1.84. The molecule has 1 aliphatic carbocycles. The minimum Gasteiger partial charge on any atom is -0.481 e. The Hall–Kier alpha value is -1.97. The highest BCUT2D eigenvalue weighted by Crippen LogP contribution is 2.29. The summed E-state index contributed by atoms with van der Waals surface area (Å²) in [4.78, 5) is 22.4. The van der Waals surface area contributed by atoms with Crippen LogP contribution in [0.4, 0.5) is 4.39 Å². The number of carbonyl (C=O) groups excluding carboxylic acids is 1. The first kappa shape index (κ1) is 12.5. The van der Waals surface area contributed by atoms with Crippen molar-refractivity contribution in [3.05, 3.63) is 41.7 Å². The number of ketones is 1. The molecule has 3 nitrogen and oxygen atoms in total. The highest BCUT2D eigenvalue weighted by Gasteiger charge is 2.24. The van der Waals surface area contributed by atoms with Crippen LogP contribution in [0, 0.1) is 11.7 Å². The zero-order valence-corrected chi connectivity index (χ0v) is 9.73. The molecular formula is C14H13FO3. The molecule has 0 spiro atoms. The molecule has 0 saturated carbocycles. The summed E-state index contributed by atoms with van der Waals surface area (Å²) in [6.07, 6.45) is 2.56. The molecule has 0 aliphatic heterocycles. The molecule has 0 heterocycles. The van der Waals surface area contributed by atoms with Crippen molar-refractivity contribution in [2.45, 2.75) is 19.3 Å². The number of aliphatic carboxylic acids is 1. The van der Waals surface area contributed by atoms with E-state index in [2.05, 4.69) is 0 Å². The molecule has 1 atom stereocenters. The van der Waals surface area contributed by atoms with Crippen LogP contribution in [0.1, 0.15) is 24.8 Å². The molecule has 18 heavy (non-hydrogen) atoms. The van der Waals surface area contributed by atoms with E-state index in [1.54, 1.807) is 12.1 Å². The van der Waals surface area contributed by atoms with Gasteiger partial charge in [0.2, 0.25) is 0 Å². The van der Waals surface area contributed by atoms with Crippen LogP contribution in [0.2, 0.25) is 0 Å². The molecule has 0 bridgehead atoms. The minimum atomic E-state index is -0.952. The molecule has 0 aromatic heterocycles. The topological polar surface area (TPSA) is 54.4 Å². The summed E-state index contributed by atoms with van der Waals surface area (Å²) < 4.78 is 12.8. The van der Waals surface area contributed by atoms with E-state index in [0.29, 0.717) is 12.8 Å². The standard InChI is InChI=1S/C14H13FO3/c15-12-5-3-9(4-6-12)10-1-2-11(8-14(17)18)13(16)7-10/h3-7,11H,1-2,8H2,(H,17,18). The number of rotatable bonds is 3. The molecule has 0 radical (unpaired) electrons. The first-order valence-corrected chi connectivity index (χ1v) is 5.78. The second-order valence-electron chi connectivity index (χ2n) is 4.41. The molecule has 1 aromatic carbocycles. The lowest BCUT2D eigenvalue weighted by Crippen LogP contribution is -2.20. The smallest absolute Gasteiger partial charge is 0.304 e. The van der Waals surface area contributed by atoms with Crippen LogP contribution in [0.25, 0.3) is 5.57 Å². The third-order valence-corrected chi connectivity index (χ3v) is 3.12. The summed E-state index contributed by atoms with van der Waals surface area (Å²) in [5, 5.41) is 8.68. The van der Waals surface area contributed by atoms with Gasteiger partial charge in [-0.3, -0.25) is 9.59 Å². The van der Waals surface area contributed by atoms with E-state index in [-0.39, 0.29) is 18.0 Å². The minimum absolute atomic E-state index is 0.119. The predicted molar refractivity (Wildman–Crippen MR) is 64.4 cm³/mol. The fraction of sp³-hybridized carbons (Fsp3) is 0.286. The van der Waals surface area contributed by atoms with Gasteiger partial charge in [0, 0.05) is 5.92 Å². The maximum atomic E-state index is 12.8. The van der Waals surface area contributed by atoms with Gasteiger partial charge in [-0.05, 0) is 42.2 Å². The van der Waals surface area contributed by atoms with Gasteiger partial charge >= 0.3 is 5.97 Å². The van der Waals surface area contributed by atoms with Crippen LogP contribution in [0.3, 0.4) is 0 Å². The van der Waals surface area contributed by atoms with Crippen molar-refractivity contribution in [1.29, 1.82) is 0 Å². The average Bonchev–Trinajstić information content (AvgIpc) is 2.32. The Morgan fingerprint density at radius 1 is 1.33 bits per heavy atom. The number of allylic oxidation sites excluding steroid dienone is 2. The largest absolute Gasteiger partial charge is 0.481 e. The third kappa shape index (κ3) is 2.83. The van der Waals surface area contributed by atoms with Crippen LogP contribution in [-0.2, 0) is 9.59 Å². The molecule has 1 unspecified atom stereocenters. The first-order valence-electron chi connectivity index (χ1n) is 5.78. The van der Waals surface area contributed by atoms with Gasteiger partial charge in [0.1, 0.15) is 5.82 Å². The molecule has 1 aliphatic rings. The third-order valence-electron chi connectivity index (χ3n) is 3.12. The van der Waals surface area contributed by atoms with Gasteiger partial charge in [0.05, 0.1) is 6.42 Å². The van der Waals surface area contributed by atoms with Gasteiger partial charge in [-0.2, -0.15) is 0 Å². The van der Waals surface area contributed by atoms with E-state index < -0.39 is 11.9 Å². The summed E-state index contributed by atoms with van der Waals surface area (Å²) in [7, 11) is 0. The molecule has 1 N–H and O–H groups in total. The lowest BCUT2D eigenvalue weighted by molar-refractivity contribution is -0.140. The summed E-state index contributed by atoms with van der Waals surface area (Å²) in [6.45, 7) is 0. The van der Waals surface area contributed by atoms with Crippen LogP contribution in [-0.4, -0.2) is 16.9 Å². The van der Waals surface area contributed by atoms with Crippen LogP contribution in [0.15, 0.2) is 30.3 Å². The molecule has 0 amide bonds. The predicted octanol–water partition coefficient (Wildman–Crippen LogP) is 2.66. The van der Waals surface area contributed by atoms with E-state index in [0.717, 1.165) is 11.1 Å². The molecule has 1 aromatic rings. The second kappa shape index (κ2) is 5.12. The highest BCUT2D eigenvalue weighted by molar-refractivity contribution is 6.01. The Morgan fingerprint density at radius 3 is 2.56 bits per heavy atom. The second-order valence-corrected chi connectivity index (χ2v) is 4.41. The van der Waals surface area contributed by atoms with E-state index in [1.165, 1.54) is 18.2 Å². The molecule has 2 rings (SSSR count). The van der Waals surface area contributed by atoms with Crippen LogP contribution < -0.4 is 0 Å². The lowest BCUT2D eigenvalue weighted by Gasteiger charge is -2.19. The van der Waals surface area contributed by atoms with E-state index in [9.17, 15) is 14.0 Å². The number of hydrogen-bond donors (Lipinski definition) is 1. The highest BCUT2D eigenvalue weighted by atomic mass is 19.1. The van der Waals surface area contributed by atoms with Crippen molar-refractivity contribution in [3.63, 3.8) is 0 Å². The fourth-order valence-electron chi connectivity index (χ4n) is 2.14. The number of carboxylic acids is 1. The zero-order chi connectivity index (χ0) is 13.1. The van der Waals surface area contributed by atoms with E-state index in [1.807, 2.05) is 0 Å². The number of hydrogen-bond acceptors (Lipinski definition) is 2. The van der Waals surface area contributed by atoms with E-state index in [4.69, 9.17) is 5.11 Å². The quantitative estimate of drug-likeness (QED) is 0.894. The van der Waals surface area contributed by atoms with Crippen molar-refractivity contribution < 1.29 is 19.1 Å². The number of carboxylic acid groups (broad SMARTS) is 1.